The molecule has 2 aliphatic heterocycles. The van der Waals surface area contributed by atoms with Crippen LogP contribution in [-0.2, 0) is 0 Å². The van der Waals surface area contributed by atoms with E-state index in [0.29, 0.717) is 10.0 Å². The first-order valence-electron chi connectivity index (χ1n) is 5.64. The fraction of sp³-hybridized carbons (Fsp3) is 0.143. The molecule has 4 heteroatoms. The smallest absolute Gasteiger partial charge is 0.252 e. The molecule has 0 atom stereocenters. The monoisotopic (exact) mass is 278 g/mol. The van der Waals surface area contributed by atoms with Crippen molar-refractivity contribution in [2.24, 2.45) is 0 Å². The first-order valence-corrected chi connectivity index (χ1v) is 6.40. The molecule has 0 saturated heterocycles. The topological polar surface area (TPSA) is 18.5 Å². The van der Waals surface area contributed by atoms with Gasteiger partial charge in [0.05, 0.1) is 5.92 Å². The van der Waals surface area contributed by atoms with Gasteiger partial charge in [0.15, 0.2) is 0 Å². The van der Waals surface area contributed by atoms with Crippen LogP contribution in [0.25, 0.3) is 0 Å². The summed E-state index contributed by atoms with van der Waals surface area (Å²) < 4.78 is 11.6. The fourth-order valence-corrected chi connectivity index (χ4v) is 2.97. The number of ether oxygens (including phenoxy) is 2. The van der Waals surface area contributed by atoms with Gasteiger partial charge in [0.2, 0.25) is 0 Å². The maximum atomic E-state index is 6.05. The summed E-state index contributed by atoms with van der Waals surface area (Å²) in [5.41, 5.74) is 2.13. The Morgan fingerprint density at radius 3 is 1.78 bits per heavy atom. The molecule has 18 heavy (non-hydrogen) atoms. The maximum absolute atomic E-state index is 6.05. The Labute approximate surface area is 114 Å². The van der Waals surface area contributed by atoms with E-state index in [1.807, 2.05) is 36.4 Å². The number of benzene rings is 2. The molecular formula is C14H8Cl2O2. The molecule has 0 aromatic heterocycles. The molecule has 2 aromatic rings. The Morgan fingerprint density at radius 1 is 0.778 bits per heavy atom. The van der Waals surface area contributed by atoms with Gasteiger partial charge >= 0.3 is 0 Å². The molecule has 2 heterocycles. The van der Waals surface area contributed by atoms with Crippen molar-refractivity contribution in [2.45, 2.75) is 12.2 Å². The number of hydrogen-bond donors (Lipinski definition) is 0. The molecule has 0 spiro atoms. The summed E-state index contributed by atoms with van der Waals surface area (Å²) in [6.07, 6.45) is -0.299. The van der Waals surface area contributed by atoms with Gasteiger partial charge in [-0.15, -0.1) is 0 Å². The van der Waals surface area contributed by atoms with Crippen LogP contribution in [0.4, 0.5) is 0 Å². The average molecular weight is 279 g/mol. The second kappa shape index (κ2) is 3.56. The summed E-state index contributed by atoms with van der Waals surface area (Å²) in [7, 11) is 0. The molecule has 2 aliphatic rings. The summed E-state index contributed by atoms with van der Waals surface area (Å²) in [5.74, 6) is 1.73. The molecular weight excluding hydrogens is 271 g/mol. The zero-order valence-electron chi connectivity index (χ0n) is 9.19. The van der Waals surface area contributed by atoms with E-state index in [1.165, 1.54) is 0 Å². The van der Waals surface area contributed by atoms with Crippen molar-refractivity contribution in [3.8, 4) is 11.5 Å². The van der Waals surface area contributed by atoms with Crippen LogP contribution in [-0.4, -0.2) is 6.29 Å². The lowest BCUT2D eigenvalue weighted by atomic mass is 9.93. The molecule has 0 unspecified atom stereocenters. The number of rotatable bonds is 0. The lowest BCUT2D eigenvalue weighted by molar-refractivity contribution is 0.0330. The predicted octanol–water partition coefficient (Wildman–Crippen LogP) is 4.24. The van der Waals surface area contributed by atoms with E-state index < -0.39 is 0 Å². The first kappa shape index (κ1) is 10.5. The molecule has 0 amide bonds. The third-order valence-electron chi connectivity index (χ3n) is 3.37. The Balaban J connectivity index is 1.91. The normalized spacial score (nSPS) is 22.8. The third-order valence-corrected chi connectivity index (χ3v) is 3.84. The van der Waals surface area contributed by atoms with Gasteiger partial charge in [0, 0.05) is 21.2 Å². The van der Waals surface area contributed by atoms with Crippen LogP contribution in [0.1, 0.15) is 17.0 Å². The molecule has 0 bridgehead atoms. The van der Waals surface area contributed by atoms with Crippen molar-refractivity contribution in [2.75, 3.05) is 0 Å². The summed E-state index contributed by atoms with van der Waals surface area (Å²) >= 11 is 12.1. The molecule has 2 aromatic carbocycles. The van der Waals surface area contributed by atoms with Crippen molar-refractivity contribution >= 4 is 23.2 Å². The van der Waals surface area contributed by atoms with Gasteiger partial charge in [0.1, 0.15) is 11.5 Å². The zero-order valence-corrected chi connectivity index (χ0v) is 10.7. The van der Waals surface area contributed by atoms with Crippen molar-refractivity contribution in [1.82, 2.24) is 0 Å². The lowest BCUT2D eigenvalue weighted by Gasteiger charge is -2.08. The zero-order chi connectivity index (χ0) is 12.3. The molecule has 4 rings (SSSR count). The molecule has 90 valence electrons. The third kappa shape index (κ3) is 1.36. The van der Waals surface area contributed by atoms with Crippen molar-refractivity contribution < 1.29 is 9.47 Å². The highest BCUT2D eigenvalue weighted by Gasteiger charge is 2.44. The Bertz CT molecular complexity index is 599. The predicted molar refractivity (Wildman–Crippen MR) is 69.8 cm³/mol. The maximum Gasteiger partial charge on any atom is 0.252 e. The lowest BCUT2D eigenvalue weighted by Crippen LogP contribution is -2.19. The Morgan fingerprint density at radius 2 is 1.28 bits per heavy atom. The second-order valence-electron chi connectivity index (χ2n) is 4.45. The van der Waals surface area contributed by atoms with Gasteiger partial charge in [-0.25, -0.2) is 0 Å². The van der Waals surface area contributed by atoms with Crippen molar-refractivity contribution in [1.29, 1.82) is 0 Å². The SMILES string of the molecule is Clc1ccc2c(c1)C1c3cc(Cl)ccc3OC1O2. The van der Waals surface area contributed by atoms with Crippen LogP contribution in [0.2, 0.25) is 10.0 Å². The fourth-order valence-electron chi connectivity index (χ4n) is 2.61. The summed E-state index contributed by atoms with van der Waals surface area (Å²) in [5, 5.41) is 1.40. The Kier molecular flexibility index (Phi) is 2.08. The van der Waals surface area contributed by atoms with E-state index in [4.69, 9.17) is 32.7 Å². The van der Waals surface area contributed by atoms with Gasteiger partial charge in [-0.2, -0.15) is 0 Å². The minimum absolute atomic E-state index is 0.0624. The van der Waals surface area contributed by atoms with Gasteiger partial charge < -0.3 is 9.47 Å². The van der Waals surface area contributed by atoms with Crippen LogP contribution in [0.15, 0.2) is 36.4 Å². The summed E-state index contributed by atoms with van der Waals surface area (Å²) in [4.78, 5) is 0. The highest BCUT2D eigenvalue weighted by Crippen LogP contribution is 2.51. The summed E-state index contributed by atoms with van der Waals surface area (Å²) in [6.45, 7) is 0. The molecule has 0 fully saturated rings. The Hall–Kier alpha value is -1.38. The van der Waals surface area contributed by atoms with Crippen LogP contribution >= 0.6 is 23.2 Å². The number of hydrogen-bond acceptors (Lipinski definition) is 2. The minimum Gasteiger partial charge on any atom is -0.454 e. The molecule has 0 N–H and O–H groups in total. The standard InChI is InChI=1S/C14H8Cl2O2/c15-7-1-3-11-9(5-7)13-10-6-8(16)2-4-12(10)18-14(13)17-11/h1-6,13-14H. The van der Waals surface area contributed by atoms with E-state index in [9.17, 15) is 0 Å². The van der Waals surface area contributed by atoms with Crippen molar-refractivity contribution in [3.05, 3.63) is 57.6 Å². The van der Waals surface area contributed by atoms with Crippen LogP contribution in [0, 0.1) is 0 Å². The largest absolute Gasteiger partial charge is 0.454 e. The van der Waals surface area contributed by atoms with E-state index in [-0.39, 0.29) is 12.2 Å². The molecule has 0 aliphatic carbocycles. The number of fused-ring (bicyclic) bond motifs is 5. The van der Waals surface area contributed by atoms with E-state index >= 15 is 0 Å². The molecule has 0 radical (unpaired) electrons. The second-order valence-corrected chi connectivity index (χ2v) is 5.32. The average Bonchev–Trinajstić information content (AvgIpc) is 2.85. The summed E-state index contributed by atoms with van der Waals surface area (Å²) in [6, 6.07) is 11.3. The number of halogens is 2. The van der Waals surface area contributed by atoms with E-state index in [1.54, 1.807) is 0 Å². The molecule has 0 saturated carbocycles. The first-order chi connectivity index (χ1) is 8.72. The van der Waals surface area contributed by atoms with Crippen LogP contribution in [0.3, 0.4) is 0 Å². The van der Waals surface area contributed by atoms with Crippen LogP contribution < -0.4 is 9.47 Å². The quantitative estimate of drug-likeness (QED) is 0.718. The molecule has 2 nitrogen and oxygen atoms in total. The van der Waals surface area contributed by atoms with Gasteiger partial charge in [-0.1, -0.05) is 23.2 Å². The van der Waals surface area contributed by atoms with Crippen LogP contribution in [0.5, 0.6) is 11.5 Å². The van der Waals surface area contributed by atoms with Gasteiger partial charge in [-0.3, -0.25) is 0 Å². The van der Waals surface area contributed by atoms with Crippen molar-refractivity contribution in [3.63, 3.8) is 0 Å². The highest BCUT2D eigenvalue weighted by atomic mass is 35.5. The van der Waals surface area contributed by atoms with E-state index in [0.717, 1.165) is 22.6 Å². The highest BCUT2D eigenvalue weighted by molar-refractivity contribution is 6.31. The van der Waals surface area contributed by atoms with Gasteiger partial charge in [-0.05, 0) is 36.4 Å². The van der Waals surface area contributed by atoms with E-state index in [2.05, 4.69) is 0 Å². The minimum atomic E-state index is -0.299. The van der Waals surface area contributed by atoms with Gasteiger partial charge in [0.25, 0.3) is 6.29 Å².